The van der Waals surface area contributed by atoms with E-state index < -0.39 is 0 Å². The summed E-state index contributed by atoms with van der Waals surface area (Å²) in [4.78, 5) is 7.70. The van der Waals surface area contributed by atoms with Crippen molar-refractivity contribution in [2.24, 2.45) is 0 Å². The maximum absolute atomic E-state index is 13.2. The molecular weight excluding hydrogens is 275 g/mol. The van der Waals surface area contributed by atoms with Gasteiger partial charge in [0.15, 0.2) is 5.82 Å². The van der Waals surface area contributed by atoms with E-state index in [1.807, 2.05) is 0 Å². The lowest BCUT2D eigenvalue weighted by Gasteiger charge is -2.07. The number of rotatable bonds is 2. The second kappa shape index (κ2) is 4.44. The van der Waals surface area contributed by atoms with Crippen LogP contribution in [0.4, 0.5) is 21.6 Å². The van der Waals surface area contributed by atoms with Crippen LogP contribution in [0, 0.1) is 5.82 Å². The van der Waals surface area contributed by atoms with Crippen molar-refractivity contribution in [2.45, 2.75) is 0 Å². The molecule has 82 valence electrons. The molecule has 0 radical (unpaired) electrons. The molecule has 0 saturated heterocycles. The number of halogens is 2. The number of nitrogens with zero attached hydrogens (tertiary/aromatic N) is 2. The molecule has 2 aromatic rings. The first kappa shape index (κ1) is 10.8. The summed E-state index contributed by atoms with van der Waals surface area (Å²) in [5.41, 5.74) is 6.63. The molecular formula is C10H8BrFN4. The van der Waals surface area contributed by atoms with E-state index in [0.29, 0.717) is 21.7 Å². The van der Waals surface area contributed by atoms with Crippen LogP contribution in [-0.4, -0.2) is 9.97 Å². The molecule has 2 rings (SSSR count). The summed E-state index contributed by atoms with van der Waals surface area (Å²) in [6.07, 6.45) is 2.85. The lowest BCUT2D eigenvalue weighted by molar-refractivity contribution is 0.622. The fourth-order valence-corrected chi connectivity index (χ4v) is 1.40. The summed E-state index contributed by atoms with van der Waals surface area (Å²) in [6.45, 7) is 0. The van der Waals surface area contributed by atoms with Gasteiger partial charge in [0.1, 0.15) is 12.1 Å². The van der Waals surface area contributed by atoms with Crippen molar-refractivity contribution < 1.29 is 4.39 Å². The van der Waals surface area contributed by atoms with E-state index in [4.69, 9.17) is 5.73 Å². The minimum absolute atomic E-state index is 0.349. The van der Waals surface area contributed by atoms with Crippen molar-refractivity contribution in [2.75, 3.05) is 11.1 Å². The average molecular weight is 283 g/mol. The molecule has 1 heterocycles. The van der Waals surface area contributed by atoms with Gasteiger partial charge in [0, 0.05) is 5.69 Å². The summed E-state index contributed by atoms with van der Waals surface area (Å²) in [5.74, 6) is 0.106. The highest BCUT2D eigenvalue weighted by molar-refractivity contribution is 9.10. The Morgan fingerprint density at radius 2 is 2.19 bits per heavy atom. The summed E-state index contributed by atoms with van der Waals surface area (Å²) in [6, 6.07) is 4.68. The van der Waals surface area contributed by atoms with Gasteiger partial charge < -0.3 is 11.1 Å². The highest BCUT2D eigenvalue weighted by Gasteiger charge is 2.03. The number of nitrogen functional groups attached to an aromatic ring is 1. The Labute approximate surface area is 99.9 Å². The molecule has 16 heavy (non-hydrogen) atoms. The van der Waals surface area contributed by atoms with Crippen LogP contribution in [0.5, 0.6) is 0 Å². The largest absolute Gasteiger partial charge is 0.394 e. The van der Waals surface area contributed by atoms with Gasteiger partial charge in [-0.2, -0.15) is 0 Å². The van der Waals surface area contributed by atoms with Gasteiger partial charge in [0.05, 0.1) is 16.4 Å². The lowest BCUT2D eigenvalue weighted by atomic mass is 10.3. The van der Waals surface area contributed by atoms with Gasteiger partial charge in [-0.25, -0.2) is 14.4 Å². The van der Waals surface area contributed by atoms with Crippen LogP contribution >= 0.6 is 15.9 Å². The van der Waals surface area contributed by atoms with E-state index in [1.165, 1.54) is 18.6 Å². The zero-order valence-electron chi connectivity index (χ0n) is 8.11. The number of aromatic nitrogens is 2. The molecule has 3 N–H and O–H groups in total. The van der Waals surface area contributed by atoms with Crippen molar-refractivity contribution in [3.63, 3.8) is 0 Å². The maximum Gasteiger partial charge on any atom is 0.157 e. The van der Waals surface area contributed by atoms with E-state index in [1.54, 1.807) is 12.1 Å². The van der Waals surface area contributed by atoms with Crippen LogP contribution < -0.4 is 11.1 Å². The SMILES string of the molecule is Nc1cncnc1Nc1ccc(Br)c(F)c1. The first-order valence-corrected chi connectivity index (χ1v) is 5.23. The first-order chi connectivity index (χ1) is 7.66. The third-order valence-corrected chi connectivity index (χ3v) is 2.57. The van der Waals surface area contributed by atoms with E-state index >= 15 is 0 Å². The highest BCUT2D eigenvalue weighted by atomic mass is 79.9. The van der Waals surface area contributed by atoms with Crippen LogP contribution in [0.15, 0.2) is 35.2 Å². The smallest absolute Gasteiger partial charge is 0.157 e. The van der Waals surface area contributed by atoms with Gasteiger partial charge in [-0.3, -0.25) is 0 Å². The van der Waals surface area contributed by atoms with Gasteiger partial charge in [-0.05, 0) is 34.1 Å². The maximum atomic E-state index is 13.2. The topological polar surface area (TPSA) is 63.8 Å². The molecule has 0 fully saturated rings. The number of nitrogens with two attached hydrogens (primary N) is 1. The van der Waals surface area contributed by atoms with Crippen molar-refractivity contribution in [3.05, 3.63) is 41.0 Å². The Hall–Kier alpha value is -1.69. The van der Waals surface area contributed by atoms with Gasteiger partial charge >= 0.3 is 0 Å². The fraction of sp³-hybridized carbons (Fsp3) is 0. The quantitative estimate of drug-likeness (QED) is 0.889. The third-order valence-electron chi connectivity index (χ3n) is 1.92. The molecule has 6 heteroatoms. The van der Waals surface area contributed by atoms with Crippen LogP contribution in [-0.2, 0) is 0 Å². The monoisotopic (exact) mass is 282 g/mol. The second-order valence-corrected chi connectivity index (χ2v) is 3.93. The molecule has 1 aromatic carbocycles. The number of nitrogens with one attached hydrogen (secondary N) is 1. The normalized spacial score (nSPS) is 10.1. The van der Waals surface area contributed by atoms with E-state index in [2.05, 4.69) is 31.2 Å². The molecule has 0 aliphatic rings. The Morgan fingerprint density at radius 3 is 2.88 bits per heavy atom. The molecule has 0 aliphatic heterocycles. The predicted octanol–water partition coefficient (Wildman–Crippen LogP) is 2.70. The minimum atomic E-state index is -0.349. The highest BCUT2D eigenvalue weighted by Crippen LogP contribution is 2.23. The van der Waals surface area contributed by atoms with Gasteiger partial charge in [-0.1, -0.05) is 0 Å². The van der Waals surface area contributed by atoms with Crippen LogP contribution in [0.2, 0.25) is 0 Å². The second-order valence-electron chi connectivity index (χ2n) is 3.08. The Bertz CT molecular complexity index is 518. The zero-order valence-corrected chi connectivity index (χ0v) is 9.70. The van der Waals surface area contributed by atoms with Crippen LogP contribution in [0.3, 0.4) is 0 Å². The molecule has 0 unspecified atom stereocenters. The summed E-state index contributed by atoms with van der Waals surface area (Å²) < 4.78 is 13.6. The molecule has 0 atom stereocenters. The summed E-state index contributed by atoms with van der Waals surface area (Å²) in [7, 11) is 0. The first-order valence-electron chi connectivity index (χ1n) is 4.44. The number of hydrogen-bond donors (Lipinski definition) is 2. The van der Waals surface area contributed by atoms with Gasteiger partial charge in [0.25, 0.3) is 0 Å². The van der Waals surface area contributed by atoms with Crippen LogP contribution in [0.25, 0.3) is 0 Å². The van der Waals surface area contributed by atoms with Crippen molar-refractivity contribution in [1.82, 2.24) is 9.97 Å². The number of benzene rings is 1. The molecule has 0 saturated carbocycles. The molecule has 0 spiro atoms. The van der Waals surface area contributed by atoms with Crippen molar-refractivity contribution in [3.8, 4) is 0 Å². The van der Waals surface area contributed by atoms with Crippen LogP contribution in [0.1, 0.15) is 0 Å². The van der Waals surface area contributed by atoms with Crippen molar-refractivity contribution in [1.29, 1.82) is 0 Å². The Balaban J connectivity index is 2.28. The Kier molecular flexibility index (Phi) is 3.00. The fourth-order valence-electron chi connectivity index (χ4n) is 1.16. The standard InChI is InChI=1S/C10H8BrFN4/c11-7-2-1-6(3-8(7)12)16-10-9(13)4-14-5-15-10/h1-5H,13H2,(H,14,15,16). The lowest BCUT2D eigenvalue weighted by Crippen LogP contribution is -1.99. The third kappa shape index (κ3) is 2.27. The molecule has 0 bridgehead atoms. The van der Waals surface area contributed by atoms with Gasteiger partial charge in [-0.15, -0.1) is 0 Å². The number of hydrogen-bond acceptors (Lipinski definition) is 4. The molecule has 1 aromatic heterocycles. The molecule has 0 aliphatic carbocycles. The van der Waals surface area contributed by atoms with Gasteiger partial charge in [0.2, 0.25) is 0 Å². The van der Waals surface area contributed by atoms with Crippen molar-refractivity contribution >= 4 is 33.1 Å². The Morgan fingerprint density at radius 1 is 1.38 bits per heavy atom. The summed E-state index contributed by atoms with van der Waals surface area (Å²) in [5, 5.41) is 2.90. The zero-order chi connectivity index (χ0) is 11.5. The molecule has 0 amide bonds. The van der Waals surface area contributed by atoms with E-state index in [-0.39, 0.29) is 5.82 Å². The average Bonchev–Trinajstić information content (AvgIpc) is 2.27. The van der Waals surface area contributed by atoms with E-state index in [9.17, 15) is 4.39 Å². The molecule has 4 nitrogen and oxygen atoms in total. The minimum Gasteiger partial charge on any atom is -0.394 e. The van der Waals surface area contributed by atoms with E-state index in [0.717, 1.165) is 0 Å². The predicted molar refractivity (Wildman–Crippen MR) is 63.8 cm³/mol. The number of anilines is 3. The summed E-state index contributed by atoms with van der Waals surface area (Å²) >= 11 is 3.08.